The maximum Gasteiger partial charge on any atom is 0.273 e. The molecule has 0 aliphatic carbocycles. The monoisotopic (exact) mass is 338 g/mol. The largest absolute Gasteiger partial charge is 0.446 e. The molecule has 6 heteroatoms. The van der Waals surface area contributed by atoms with Gasteiger partial charge < -0.3 is 20.0 Å². The molecule has 1 aliphatic heterocycles. The van der Waals surface area contributed by atoms with Gasteiger partial charge in [0.15, 0.2) is 17.8 Å². The average Bonchev–Trinajstić information content (AvgIpc) is 3.29. The van der Waals surface area contributed by atoms with Crippen LogP contribution in [0.1, 0.15) is 47.2 Å². The summed E-state index contributed by atoms with van der Waals surface area (Å²) in [5.74, 6) is 0.482. The van der Waals surface area contributed by atoms with Crippen LogP contribution in [0.4, 0.5) is 0 Å². The van der Waals surface area contributed by atoms with Gasteiger partial charge in [0.25, 0.3) is 5.91 Å². The van der Waals surface area contributed by atoms with Crippen LogP contribution in [0.3, 0.4) is 0 Å². The van der Waals surface area contributed by atoms with Crippen molar-refractivity contribution in [2.75, 3.05) is 13.1 Å². The van der Waals surface area contributed by atoms with Crippen molar-refractivity contribution in [3.05, 3.63) is 53.9 Å². The Morgan fingerprint density at radius 3 is 3.08 bits per heavy atom. The molecule has 3 aromatic rings. The number of aromatic nitrogens is 2. The van der Waals surface area contributed by atoms with E-state index in [4.69, 9.17) is 4.42 Å². The molecule has 1 amide bonds. The zero-order valence-electron chi connectivity index (χ0n) is 14.0. The fourth-order valence-electron chi connectivity index (χ4n) is 3.41. The van der Waals surface area contributed by atoms with Crippen molar-refractivity contribution in [2.45, 2.75) is 31.7 Å². The van der Waals surface area contributed by atoms with E-state index in [1.54, 1.807) is 0 Å². The number of benzene rings is 1. The van der Waals surface area contributed by atoms with Gasteiger partial charge in [-0.25, -0.2) is 4.98 Å². The molecule has 1 aromatic carbocycles. The smallest absolute Gasteiger partial charge is 0.273 e. The normalized spacial score (nSPS) is 17.7. The molecule has 1 saturated heterocycles. The van der Waals surface area contributed by atoms with E-state index in [1.165, 1.54) is 11.8 Å². The topological polar surface area (TPSA) is 83.0 Å². The third-order valence-electron chi connectivity index (χ3n) is 4.70. The first-order chi connectivity index (χ1) is 12.3. The lowest BCUT2D eigenvalue weighted by Gasteiger charge is -2.21. The molecule has 1 fully saturated rings. The number of H-pyrrole nitrogens is 1. The van der Waals surface area contributed by atoms with Crippen LogP contribution in [0.15, 0.2) is 41.1 Å². The Bertz CT molecular complexity index is 828. The van der Waals surface area contributed by atoms with Crippen LogP contribution in [0.5, 0.6) is 0 Å². The molecule has 25 heavy (non-hydrogen) atoms. The van der Waals surface area contributed by atoms with Crippen molar-refractivity contribution in [2.24, 2.45) is 0 Å². The van der Waals surface area contributed by atoms with E-state index in [1.807, 2.05) is 12.1 Å². The van der Waals surface area contributed by atoms with Crippen LogP contribution in [-0.4, -0.2) is 29.0 Å². The molecular formula is C19H22N4O2. The molecule has 0 spiro atoms. The van der Waals surface area contributed by atoms with Crippen molar-refractivity contribution in [3.8, 4) is 0 Å². The van der Waals surface area contributed by atoms with Gasteiger partial charge in [0.2, 0.25) is 0 Å². The van der Waals surface area contributed by atoms with Gasteiger partial charge in [-0.1, -0.05) is 24.6 Å². The Kier molecular flexibility index (Phi) is 4.52. The Morgan fingerprint density at radius 1 is 1.32 bits per heavy atom. The number of amides is 1. The summed E-state index contributed by atoms with van der Waals surface area (Å²) in [6, 6.07) is 10.4. The standard InChI is InChI=1S/C19H22N4O2/c24-19(17-18(25-12-22-17)16-7-3-4-9-20-16)21-10-8-14-11-13-5-1-2-6-15(13)23-14/h1-2,5-6,11-12,16,20,23H,3-4,7-10H2,(H,21,24). The van der Waals surface area contributed by atoms with E-state index in [2.05, 4.69) is 38.8 Å². The Hall–Kier alpha value is -2.60. The van der Waals surface area contributed by atoms with Crippen LogP contribution >= 0.6 is 0 Å². The highest BCUT2D eigenvalue weighted by atomic mass is 16.3. The second-order valence-electron chi connectivity index (χ2n) is 6.46. The maximum atomic E-state index is 12.5. The van der Waals surface area contributed by atoms with Crippen LogP contribution in [0.2, 0.25) is 0 Å². The first-order valence-corrected chi connectivity index (χ1v) is 8.83. The average molecular weight is 338 g/mol. The highest BCUT2D eigenvalue weighted by Crippen LogP contribution is 2.25. The van der Waals surface area contributed by atoms with Gasteiger partial charge in [-0.3, -0.25) is 4.79 Å². The molecule has 1 aliphatic rings. The molecule has 130 valence electrons. The molecule has 0 saturated carbocycles. The molecule has 1 unspecified atom stereocenters. The summed E-state index contributed by atoms with van der Waals surface area (Å²) in [5.41, 5.74) is 2.62. The van der Waals surface area contributed by atoms with Crippen LogP contribution in [0, 0.1) is 0 Å². The minimum atomic E-state index is -0.174. The van der Waals surface area contributed by atoms with E-state index < -0.39 is 0 Å². The molecular weight excluding hydrogens is 316 g/mol. The lowest BCUT2D eigenvalue weighted by atomic mass is 10.0. The number of aromatic amines is 1. The minimum Gasteiger partial charge on any atom is -0.446 e. The van der Waals surface area contributed by atoms with Crippen LogP contribution < -0.4 is 10.6 Å². The Morgan fingerprint density at radius 2 is 2.24 bits per heavy atom. The SMILES string of the molecule is O=C(NCCc1cc2ccccc2[nH]1)c1ncoc1C1CCCCN1. The number of hydrogen-bond donors (Lipinski definition) is 3. The number of para-hydroxylation sites is 1. The number of rotatable bonds is 5. The van der Waals surface area contributed by atoms with Crippen molar-refractivity contribution >= 4 is 16.8 Å². The minimum absolute atomic E-state index is 0.0886. The van der Waals surface area contributed by atoms with Gasteiger partial charge in [-0.2, -0.15) is 0 Å². The van der Waals surface area contributed by atoms with Crippen molar-refractivity contribution in [1.82, 2.24) is 20.6 Å². The number of oxazole rings is 1. The number of piperidine rings is 1. The van der Waals surface area contributed by atoms with E-state index in [-0.39, 0.29) is 11.9 Å². The van der Waals surface area contributed by atoms with Crippen LogP contribution in [0.25, 0.3) is 10.9 Å². The second-order valence-corrected chi connectivity index (χ2v) is 6.46. The van der Waals surface area contributed by atoms with Crippen molar-refractivity contribution < 1.29 is 9.21 Å². The summed E-state index contributed by atoms with van der Waals surface area (Å²) >= 11 is 0. The summed E-state index contributed by atoms with van der Waals surface area (Å²) in [6.45, 7) is 1.50. The summed E-state index contributed by atoms with van der Waals surface area (Å²) in [7, 11) is 0. The van der Waals surface area contributed by atoms with E-state index in [9.17, 15) is 4.79 Å². The summed E-state index contributed by atoms with van der Waals surface area (Å²) in [6.07, 6.45) is 5.38. The quantitative estimate of drug-likeness (QED) is 0.668. The molecule has 1 atom stereocenters. The highest BCUT2D eigenvalue weighted by Gasteiger charge is 2.25. The molecule has 3 heterocycles. The van der Waals surface area contributed by atoms with Crippen molar-refractivity contribution in [3.63, 3.8) is 0 Å². The molecule has 2 aromatic heterocycles. The molecule has 0 radical (unpaired) electrons. The summed E-state index contributed by atoms with van der Waals surface area (Å²) in [4.78, 5) is 20.0. The first-order valence-electron chi connectivity index (χ1n) is 8.83. The van der Waals surface area contributed by atoms with Gasteiger partial charge in [0, 0.05) is 24.2 Å². The van der Waals surface area contributed by atoms with E-state index in [0.29, 0.717) is 18.0 Å². The lowest BCUT2D eigenvalue weighted by Crippen LogP contribution is -2.31. The van der Waals surface area contributed by atoms with Gasteiger partial charge >= 0.3 is 0 Å². The second kappa shape index (κ2) is 7.11. The van der Waals surface area contributed by atoms with Crippen LogP contribution in [-0.2, 0) is 6.42 Å². The summed E-state index contributed by atoms with van der Waals surface area (Å²) in [5, 5.41) is 7.53. The van der Waals surface area contributed by atoms with E-state index >= 15 is 0 Å². The zero-order valence-corrected chi connectivity index (χ0v) is 14.0. The zero-order chi connectivity index (χ0) is 17.1. The fourth-order valence-corrected chi connectivity index (χ4v) is 3.41. The number of carbonyl (C=O) groups excluding carboxylic acids is 1. The third kappa shape index (κ3) is 3.44. The predicted molar refractivity (Wildman–Crippen MR) is 95.4 cm³/mol. The molecule has 6 nitrogen and oxygen atoms in total. The highest BCUT2D eigenvalue weighted by molar-refractivity contribution is 5.93. The number of nitrogens with one attached hydrogen (secondary N) is 3. The fraction of sp³-hybridized carbons (Fsp3) is 0.368. The molecule has 4 rings (SSSR count). The predicted octanol–water partition coefficient (Wildman–Crippen LogP) is 2.94. The van der Waals surface area contributed by atoms with Gasteiger partial charge in [0.05, 0.1) is 6.04 Å². The number of carbonyl (C=O) groups is 1. The summed E-state index contributed by atoms with van der Waals surface area (Å²) < 4.78 is 5.49. The first kappa shape index (κ1) is 15.9. The number of hydrogen-bond acceptors (Lipinski definition) is 4. The van der Waals surface area contributed by atoms with E-state index in [0.717, 1.165) is 43.4 Å². The van der Waals surface area contributed by atoms with Gasteiger partial charge in [0.1, 0.15) is 0 Å². The van der Waals surface area contributed by atoms with Crippen molar-refractivity contribution in [1.29, 1.82) is 0 Å². The Labute approximate surface area is 146 Å². The Balaban J connectivity index is 1.37. The third-order valence-corrected chi connectivity index (χ3v) is 4.70. The van der Waals surface area contributed by atoms with Gasteiger partial charge in [-0.05, 0) is 36.9 Å². The lowest BCUT2D eigenvalue weighted by molar-refractivity contribution is 0.0946. The van der Waals surface area contributed by atoms with Gasteiger partial charge in [-0.15, -0.1) is 0 Å². The maximum absolute atomic E-state index is 12.5. The number of fused-ring (bicyclic) bond motifs is 1. The molecule has 0 bridgehead atoms. The number of nitrogens with zero attached hydrogens (tertiary/aromatic N) is 1. The molecule has 3 N–H and O–H groups in total.